The molecule has 0 aliphatic carbocycles. The number of carbonyl (C=O) groups is 3. The van der Waals surface area contributed by atoms with Crippen molar-refractivity contribution in [2.75, 3.05) is 13.2 Å². The van der Waals surface area contributed by atoms with Gasteiger partial charge in [-0.1, -0.05) is 6.07 Å². The molecule has 30 heavy (non-hydrogen) atoms. The number of aromatic nitrogens is 1. The zero-order chi connectivity index (χ0) is 22.5. The number of nitrogens with zero attached hydrogens (tertiary/aromatic N) is 1. The quantitative estimate of drug-likeness (QED) is 0.606. The maximum atomic E-state index is 12.7. The van der Waals surface area contributed by atoms with Gasteiger partial charge < -0.3 is 9.30 Å². The highest BCUT2D eigenvalue weighted by molar-refractivity contribution is 7.89. The van der Waals surface area contributed by atoms with Gasteiger partial charge in [-0.3, -0.25) is 19.7 Å². The first-order valence-electron chi connectivity index (χ1n) is 8.18. The second-order valence-corrected chi connectivity index (χ2v) is 7.66. The Morgan fingerprint density at radius 3 is 2.43 bits per heavy atom. The van der Waals surface area contributed by atoms with Crippen LogP contribution in [0.25, 0.3) is 0 Å². The molecule has 0 bridgehead atoms. The van der Waals surface area contributed by atoms with Gasteiger partial charge in [0.05, 0.1) is 10.5 Å². The largest absolute Gasteiger partial charge is 0.455 e. The van der Waals surface area contributed by atoms with Gasteiger partial charge in [-0.2, -0.15) is 17.9 Å². The maximum absolute atomic E-state index is 12.7. The van der Waals surface area contributed by atoms with Gasteiger partial charge in [0, 0.05) is 13.2 Å². The Balaban J connectivity index is 1.86. The van der Waals surface area contributed by atoms with Gasteiger partial charge in [-0.05, 0) is 30.3 Å². The van der Waals surface area contributed by atoms with E-state index in [1.165, 1.54) is 10.6 Å². The average molecular weight is 447 g/mol. The molecule has 0 atom stereocenters. The highest BCUT2D eigenvalue weighted by Crippen LogP contribution is 2.30. The van der Waals surface area contributed by atoms with Crippen LogP contribution in [-0.4, -0.2) is 43.9 Å². The molecule has 1 aromatic heterocycles. The number of aryl methyl sites for hydroxylation is 1. The van der Waals surface area contributed by atoms with Crippen LogP contribution in [0.5, 0.6) is 0 Å². The van der Waals surface area contributed by atoms with E-state index in [0.717, 1.165) is 12.1 Å². The minimum atomic E-state index is -4.74. The zero-order valence-corrected chi connectivity index (χ0v) is 16.2. The van der Waals surface area contributed by atoms with E-state index in [1.54, 1.807) is 24.0 Å². The van der Waals surface area contributed by atoms with Crippen LogP contribution in [0.3, 0.4) is 0 Å². The summed E-state index contributed by atoms with van der Waals surface area (Å²) in [5.74, 6) is -2.85. The van der Waals surface area contributed by atoms with Gasteiger partial charge in [0.2, 0.25) is 10.0 Å². The molecule has 2 N–H and O–H groups in total. The molecule has 0 spiro atoms. The summed E-state index contributed by atoms with van der Waals surface area (Å²) < 4.78 is 70.0. The summed E-state index contributed by atoms with van der Waals surface area (Å²) >= 11 is 0. The fraction of sp³-hybridized carbons (Fsp3) is 0.235. The third-order valence-corrected chi connectivity index (χ3v) is 5.07. The Morgan fingerprint density at radius 2 is 1.83 bits per heavy atom. The number of sulfonamides is 1. The minimum absolute atomic E-state index is 0.184. The summed E-state index contributed by atoms with van der Waals surface area (Å²) in [5.41, 5.74) is -0.990. The van der Waals surface area contributed by atoms with Crippen molar-refractivity contribution in [3.63, 3.8) is 0 Å². The Bertz CT molecular complexity index is 1060. The van der Waals surface area contributed by atoms with Gasteiger partial charge in [-0.15, -0.1) is 0 Å². The number of hydrogen-bond donors (Lipinski definition) is 2. The number of rotatable bonds is 7. The first-order chi connectivity index (χ1) is 13.9. The van der Waals surface area contributed by atoms with Gasteiger partial charge in [0.1, 0.15) is 12.2 Å². The summed E-state index contributed by atoms with van der Waals surface area (Å²) in [5, 5.41) is 1.98. The molecule has 1 aromatic carbocycles. The van der Waals surface area contributed by atoms with Gasteiger partial charge in [-0.25, -0.2) is 8.42 Å². The molecule has 0 fully saturated rings. The molecule has 0 saturated heterocycles. The van der Waals surface area contributed by atoms with Crippen molar-refractivity contribution < 1.29 is 40.7 Å². The first-order valence-corrected chi connectivity index (χ1v) is 9.66. The van der Waals surface area contributed by atoms with E-state index < -0.39 is 57.6 Å². The summed E-state index contributed by atoms with van der Waals surface area (Å²) in [6.45, 7) is -1.79. The molecule has 13 heteroatoms. The van der Waals surface area contributed by atoms with E-state index in [2.05, 4.69) is 4.74 Å². The van der Waals surface area contributed by atoms with E-state index in [0.29, 0.717) is 12.1 Å². The first kappa shape index (κ1) is 23.1. The SMILES string of the molecule is Cn1cccc1C(=O)NC(=O)COC(=O)CNS(=O)(=O)c1cccc(C(F)(F)F)c1. The van der Waals surface area contributed by atoms with Crippen LogP contribution in [0, 0.1) is 0 Å². The highest BCUT2D eigenvalue weighted by atomic mass is 32.2. The average Bonchev–Trinajstić information content (AvgIpc) is 3.10. The van der Waals surface area contributed by atoms with Crippen molar-refractivity contribution in [2.24, 2.45) is 7.05 Å². The molecule has 2 rings (SSSR count). The number of halogens is 3. The van der Waals surface area contributed by atoms with Crippen LogP contribution in [0.4, 0.5) is 13.2 Å². The summed E-state index contributed by atoms with van der Waals surface area (Å²) in [7, 11) is -2.86. The molecule has 162 valence electrons. The van der Waals surface area contributed by atoms with Gasteiger partial charge in [0.15, 0.2) is 6.61 Å². The van der Waals surface area contributed by atoms with E-state index in [-0.39, 0.29) is 5.69 Å². The molecule has 9 nitrogen and oxygen atoms in total. The second-order valence-electron chi connectivity index (χ2n) is 5.89. The van der Waals surface area contributed by atoms with Crippen molar-refractivity contribution in [1.82, 2.24) is 14.6 Å². The number of hydrogen-bond acceptors (Lipinski definition) is 6. The number of nitrogens with one attached hydrogen (secondary N) is 2. The molecule has 1 heterocycles. The standard InChI is InChI=1S/C17H16F3N3O6S/c1-23-7-3-6-13(23)16(26)22-14(24)10-29-15(25)9-21-30(27,28)12-5-2-4-11(8-12)17(18,19)20/h2-8,21H,9-10H2,1H3,(H,22,24,26). The third kappa shape index (κ3) is 6.15. The van der Waals surface area contributed by atoms with E-state index in [1.807, 2.05) is 5.32 Å². The summed E-state index contributed by atoms with van der Waals surface area (Å²) in [4.78, 5) is 34.4. The smallest absolute Gasteiger partial charge is 0.416 e. The fourth-order valence-electron chi connectivity index (χ4n) is 2.20. The molecular weight excluding hydrogens is 431 g/mol. The maximum Gasteiger partial charge on any atom is 0.416 e. The van der Waals surface area contributed by atoms with Crippen molar-refractivity contribution in [3.05, 3.63) is 53.9 Å². The molecule has 0 unspecified atom stereocenters. The number of amides is 2. The van der Waals surface area contributed by atoms with Crippen LogP contribution in [0.15, 0.2) is 47.5 Å². The van der Waals surface area contributed by atoms with Crippen molar-refractivity contribution in [3.8, 4) is 0 Å². The minimum Gasteiger partial charge on any atom is -0.455 e. The van der Waals surface area contributed by atoms with E-state index in [9.17, 15) is 36.0 Å². The predicted octanol–water partition coefficient (Wildman–Crippen LogP) is 0.822. The Labute approximate surface area is 168 Å². The number of benzene rings is 1. The number of esters is 1. The van der Waals surface area contributed by atoms with Crippen molar-refractivity contribution >= 4 is 27.8 Å². The third-order valence-electron chi connectivity index (χ3n) is 3.67. The zero-order valence-electron chi connectivity index (χ0n) is 15.4. The number of imide groups is 1. The molecule has 2 amide bonds. The topological polar surface area (TPSA) is 124 Å². The van der Waals surface area contributed by atoms with Crippen LogP contribution >= 0.6 is 0 Å². The lowest BCUT2D eigenvalue weighted by atomic mass is 10.2. The molecular formula is C17H16F3N3O6S. The molecule has 0 aliphatic heterocycles. The highest BCUT2D eigenvalue weighted by Gasteiger charge is 2.31. The lowest BCUT2D eigenvalue weighted by molar-refractivity contribution is -0.147. The van der Waals surface area contributed by atoms with Gasteiger partial charge >= 0.3 is 12.1 Å². The van der Waals surface area contributed by atoms with Crippen LogP contribution < -0.4 is 10.0 Å². The van der Waals surface area contributed by atoms with Crippen LogP contribution in [0.1, 0.15) is 16.1 Å². The predicted molar refractivity (Wildman–Crippen MR) is 95.5 cm³/mol. The fourth-order valence-corrected chi connectivity index (χ4v) is 3.21. The van der Waals surface area contributed by atoms with E-state index in [4.69, 9.17) is 0 Å². The molecule has 2 aromatic rings. The van der Waals surface area contributed by atoms with E-state index >= 15 is 0 Å². The second kappa shape index (κ2) is 9.09. The normalized spacial score (nSPS) is 11.7. The lowest BCUT2D eigenvalue weighted by Gasteiger charge is -2.10. The number of alkyl halides is 3. The molecule has 0 aliphatic rings. The Hall–Kier alpha value is -3.19. The Kier molecular flexibility index (Phi) is 7.00. The Morgan fingerprint density at radius 1 is 1.13 bits per heavy atom. The number of ether oxygens (including phenoxy) is 1. The van der Waals surface area contributed by atoms with Crippen LogP contribution in [0.2, 0.25) is 0 Å². The van der Waals surface area contributed by atoms with Gasteiger partial charge in [0.25, 0.3) is 11.8 Å². The van der Waals surface area contributed by atoms with Crippen LogP contribution in [-0.2, 0) is 37.6 Å². The summed E-state index contributed by atoms with van der Waals surface area (Å²) in [6.07, 6.45) is -3.16. The number of carbonyl (C=O) groups excluding carboxylic acids is 3. The molecule has 0 saturated carbocycles. The molecule has 0 radical (unpaired) electrons. The van der Waals surface area contributed by atoms with Crippen molar-refractivity contribution in [2.45, 2.75) is 11.1 Å². The summed E-state index contributed by atoms with van der Waals surface area (Å²) in [6, 6.07) is 5.97. The lowest BCUT2D eigenvalue weighted by Crippen LogP contribution is -2.37. The monoisotopic (exact) mass is 447 g/mol. The van der Waals surface area contributed by atoms with Crippen molar-refractivity contribution in [1.29, 1.82) is 0 Å².